The molecule has 7 nitrogen and oxygen atoms in total. The molecule has 2 aromatic carbocycles. The summed E-state index contributed by atoms with van der Waals surface area (Å²) in [5.74, 6) is -0.820. The number of carbonyl (C=O) groups excluding carboxylic acids is 2. The van der Waals surface area contributed by atoms with Crippen molar-refractivity contribution >= 4 is 17.4 Å². The molecule has 33 heavy (non-hydrogen) atoms. The molecule has 2 saturated heterocycles. The highest BCUT2D eigenvalue weighted by molar-refractivity contribution is 6.46. The molecule has 2 heterocycles. The van der Waals surface area contributed by atoms with Gasteiger partial charge < -0.3 is 19.5 Å². The van der Waals surface area contributed by atoms with Crippen molar-refractivity contribution in [2.24, 2.45) is 0 Å². The minimum Gasteiger partial charge on any atom is -0.507 e. The average molecular weight is 451 g/mol. The number of nitrogens with zero attached hydrogens (tertiary/aromatic N) is 2. The number of aliphatic hydroxyl groups excluding tert-OH is 1. The molecule has 0 spiro atoms. The SMILES string of the molecule is CCOc1cccc(/C(O)=C2\C(=O)C(=O)N(CCCN3CCOCC3)C2c2ccccc2)c1. The van der Waals surface area contributed by atoms with E-state index in [0.29, 0.717) is 24.5 Å². The molecule has 174 valence electrons. The molecule has 2 fully saturated rings. The van der Waals surface area contributed by atoms with E-state index >= 15 is 0 Å². The highest BCUT2D eigenvalue weighted by atomic mass is 16.5. The van der Waals surface area contributed by atoms with Gasteiger partial charge in [0.2, 0.25) is 0 Å². The molecule has 2 aliphatic heterocycles. The molecule has 1 unspecified atom stereocenters. The van der Waals surface area contributed by atoms with Gasteiger partial charge in [-0.1, -0.05) is 42.5 Å². The Hall–Kier alpha value is -3.16. The number of hydrogen-bond donors (Lipinski definition) is 1. The van der Waals surface area contributed by atoms with Gasteiger partial charge in [-0.15, -0.1) is 0 Å². The number of ketones is 1. The monoisotopic (exact) mass is 450 g/mol. The van der Waals surface area contributed by atoms with E-state index in [2.05, 4.69) is 4.90 Å². The number of Topliss-reactive ketones (excluding diaryl/α,β-unsaturated/α-hetero) is 1. The second-order valence-electron chi connectivity index (χ2n) is 8.17. The van der Waals surface area contributed by atoms with Gasteiger partial charge in [-0.05, 0) is 31.0 Å². The van der Waals surface area contributed by atoms with Crippen molar-refractivity contribution in [3.05, 3.63) is 71.3 Å². The van der Waals surface area contributed by atoms with Crippen LogP contribution >= 0.6 is 0 Å². The first-order chi connectivity index (χ1) is 16.1. The molecule has 2 aliphatic rings. The second-order valence-corrected chi connectivity index (χ2v) is 8.17. The van der Waals surface area contributed by atoms with Crippen LogP contribution in [0.5, 0.6) is 5.75 Å². The minimum absolute atomic E-state index is 0.117. The summed E-state index contributed by atoms with van der Waals surface area (Å²) in [5.41, 5.74) is 1.37. The zero-order valence-electron chi connectivity index (χ0n) is 18.9. The summed E-state index contributed by atoms with van der Waals surface area (Å²) in [7, 11) is 0. The van der Waals surface area contributed by atoms with Crippen LogP contribution in [0.1, 0.15) is 30.5 Å². The highest BCUT2D eigenvalue weighted by Gasteiger charge is 2.45. The Morgan fingerprint density at radius 3 is 2.55 bits per heavy atom. The Bertz CT molecular complexity index is 1010. The zero-order valence-corrected chi connectivity index (χ0v) is 18.9. The topological polar surface area (TPSA) is 79.3 Å². The Labute approximate surface area is 194 Å². The van der Waals surface area contributed by atoms with Gasteiger partial charge in [-0.2, -0.15) is 0 Å². The number of hydrogen-bond acceptors (Lipinski definition) is 6. The lowest BCUT2D eigenvalue weighted by Crippen LogP contribution is -2.38. The third kappa shape index (κ3) is 5.10. The molecule has 2 aromatic rings. The predicted molar refractivity (Wildman–Crippen MR) is 125 cm³/mol. The molecule has 0 radical (unpaired) electrons. The third-order valence-corrected chi connectivity index (χ3v) is 6.05. The molecule has 7 heteroatoms. The van der Waals surface area contributed by atoms with E-state index in [0.717, 1.165) is 44.8 Å². The number of ether oxygens (including phenoxy) is 2. The Morgan fingerprint density at radius 2 is 1.82 bits per heavy atom. The van der Waals surface area contributed by atoms with Gasteiger partial charge in [0.15, 0.2) is 0 Å². The van der Waals surface area contributed by atoms with Crippen LogP contribution in [-0.4, -0.2) is 72.6 Å². The minimum atomic E-state index is -0.658. The van der Waals surface area contributed by atoms with Crippen molar-refractivity contribution in [3.63, 3.8) is 0 Å². The van der Waals surface area contributed by atoms with Crippen molar-refractivity contribution in [1.82, 2.24) is 9.80 Å². The van der Waals surface area contributed by atoms with E-state index < -0.39 is 17.7 Å². The van der Waals surface area contributed by atoms with Crippen LogP contribution in [0.3, 0.4) is 0 Å². The van der Waals surface area contributed by atoms with Gasteiger partial charge in [0.1, 0.15) is 11.5 Å². The van der Waals surface area contributed by atoms with Crippen LogP contribution < -0.4 is 4.74 Å². The summed E-state index contributed by atoms with van der Waals surface area (Å²) < 4.78 is 10.9. The fourth-order valence-corrected chi connectivity index (χ4v) is 4.44. The Morgan fingerprint density at radius 1 is 1.06 bits per heavy atom. The number of aliphatic hydroxyl groups is 1. The first kappa shape index (κ1) is 23.0. The van der Waals surface area contributed by atoms with Crippen LogP contribution in [0.25, 0.3) is 5.76 Å². The van der Waals surface area contributed by atoms with Gasteiger partial charge in [-0.25, -0.2) is 0 Å². The normalized spacial score (nSPS) is 20.9. The number of morpholine rings is 1. The van der Waals surface area contributed by atoms with E-state index in [1.165, 1.54) is 0 Å². The van der Waals surface area contributed by atoms with E-state index in [1.54, 1.807) is 29.2 Å². The van der Waals surface area contributed by atoms with Crippen molar-refractivity contribution in [1.29, 1.82) is 0 Å². The highest BCUT2D eigenvalue weighted by Crippen LogP contribution is 2.39. The maximum atomic E-state index is 13.1. The molecule has 0 aliphatic carbocycles. The van der Waals surface area contributed by atoms with Gasteiger partial charge in [-0.3, -0.25) is 14.5 Å². The molecule has 0 aromatic heterocycles. The summed E-state index contributed by atoms with van der Waals surface area (Å²) in [5, 5.41) is 11.2. The molecule has 0 bridgehead atoms. The van der Waals surface area contributed by atoms with Gasteiger partial charge in [0, 0.05) is 31.7 Å². The van der Waals surface area contributed by atoms with E-state index in [9.17, 15) is 14.7 Å². The fourth-order valence-electron chi connectivity index (χ4n) is 4.44. The van der Waals surface area contributed by atoms with Gasteiger partial charge >= 0.3 is 0 Å². The van der Waals surface area contributed by atoms with Crippen molar-refractivity contribution in [2.75, 3.05) is 46.0 Å². The van der Waals surface area contributed by atoms with Crippen LogP contribution in [0.4, 0.5) is 0 Å². The fraction of sp³-hybridized carbons (Fsp3) is 0.385. The molecule has 4 rings (SSSR count). The number of benzene rings is 2. The standard InChI is InChI=1S/C26H30N2O5/c1-2-33-21-11-6-10-20(18-21)24(29)22-23(19-8-4-3-5-9-19)28(26(31)25(22)30)13-7-12-27-14-16-32-17-15-27/h3-6,8-11,18,23,29H,2,7,12-17H2,1H3/b24-22+. The average Bonchev–Trinajstić information content (AvgIpc) is 3.10. The molecule has 0 saturated carbocycles. The first-order valence-corrected chi connectivity index (χ1v) is 11.5. The number of amides is 1. The van der Waals surface area contributed by atoms with Crippen LogP contribution in [0.2, 0.25) is 0 Å². The summed E-state index contributed by atoms with van der Waals surface area (Å²) in [6.07, 6.45) is 0.732. The maximum Gasteiger partial charge on any atom is 0.295 e. The van der Waals surface area contributed by atoms with E-state index in [1.807, 2.05) is 37.3 Å². The summed E-state index contributed by atoms with van der Waals surface area (Å²) >= 11 is 0. The third-order valence-electron chi connectivity index (χ3n) is 6.05. The van der Waals surface area contributed by atoms with Gasteiger partial charge in [0.05, 0.1) is 31.4 Å². The first-order valence-electron chi connectivity index (χ1n) is 11.5. The zero-order chi connectivity index (χ0) is 23.2. The van der Waals surface area contributed by atoms with Crippen LogP contribution in [0.15, 0.2) is 60.2 Å². The largest absolute Gasteiger partial charge is 0.507 e. The molecular weight excluding hydrogens is 420 g/mol. The number of likely N-dealkylation sites (tertiary alicyclic amines) is 1. The lowest BCUT2D eigenvalue weighted by atomic mass is 9.95. The maximum absolute atomic E-state index is 13.1. The molecular formula is C26H30N2O5. The van der Waals surface area contributed by atoms with Gasteiger partial charge in [0.25, 0.3) is 11.7 Å². The number of carbonyl (C=O) groups is 2. The Kier molecular flexibility index (Phi) is 7.42. The van der Waals surface area contributed by atoms with Crippen molar-refractivity contribution in [3.8, 4) is 5.75 Å². The van der Waals surface area contributed by atoms with Crippen molar-refractivity contribution < 1.29 is 24.2 Å². The molecule has 1 atom stereocenters. The molecule has 1 N–H and O–H groups in total. The van der Waals surface area contributed by atoms with E-state index in [-0.39, 0.29) is 11.3 Å². The second kappa shape index (κ2) is 10.6. The lowest BCUT2D eigenvalue weighted by molar-refractivity contribution is -0.140. The summed E-state index contributed by atoms with van der Waals surface area (Å²) in [6, 6.07) is 15.7. The molecule has 1 amide bonds. The predicted octanol–water partition coefficient (Wildman–Crippen LogP) is 3.23. The smallest absolute Gasteiger partial charge is 0.295 e. The van der Waals surface area contributed by atoms with Crippen LogP contribution in [0, 0.1) is 0 Å². The van der Waals surface area contributed by atoms with Crippen LogP contribution in [-0.2, 0) is 14.3 Å². The van der Waals surface area contributed by atoms with Crippen molar-refractivity contribution in [2.45, 2.75) is 19.4 Å². The summed E-state index contributed by atoms with van der Waals surface area (Å²) in [6.45, 7) is 6.80. The summed E-state index contributed by atoms with van der Waals surface area (Å²) in [4.78, 5) is 30.1. The lowest BCUT2D eigenvalue weighted by Gasteiger charge is -2.29. The quantitative estimate of drug-likeness (QED) is 0.378. The number of rotatable bonds is 8. The van der Waals surface area contributed by atoms with E-state index in [4.69, 9.17) is 9.47 Å². The Balaban J connectivity index is 1.65.